The van der Waals surface area contributed by atoms with Crippen LogP contribution >= 0.6 is 0 Å². The largest absolute Gasteiger partial charge is 0.481 e. The highest BCUT2D eigenvalue weighted by Crippen LogP contribution is 2.45. The van der Waals surface area contributed by atoms with E-state index in [-0.39, 0.29) is 29.5 Å². The number of Topliss-reactive ketones (excluding diaryl/α,β-unsaturated/α-hetero) is 1. The minimum Gasteiger partial charge on any atom is -0.481 e. The minimum atomic E-state index is -0.840. The van der Waals surface area contributed by atoms with Crippen LogP contribution in [-0.2, 0) is 21.4 Å². The molecular formula is C36H45N5O3. The first kappa shape index (κ1) is 31.4. The van der Waals surface area contributed by atoms with E-state index in [2.05, 4.69) is 74.9 Å². The van der Waals surface area contributed by atoms with Crippen LogP contribution in [0.25, 0.3) is 33.7 Å². The second kappa shape index (κ2) is 12.2. The Hall–Kier alpha value is -4.04. The molecule has 0 aromatic carbocycles. The number of nitrogens with two attached hydrogens (primary N) is 1. The maximum absolute atomic E-state index is 13.2. The predicted octanol–water partition coefficient (Wildman–Crippen LogP) is 7.29. The zero-order valence-electron chi connectivity index (χ0n) is 27.0. The lowest BCUT2D eigenvalue weighted by Gasteiger charge is -2.28. The zero-order valence-corrected chi connectivity index (χ0v) is 27.0. The van der Waals surface area contributed by atoms with Gasteiger partial charge in [0.2, 0.25) is 0 Å². The quantitative estimate of drug-likeness (QED) is 0.205. The first-order valence-corrected chi connectivity index (χ1v) is 15.7. The van der Waals surface area contributed by atoms with Gasteiger partial charge in [-0.1, -0.05) is 34.1 Å². The molecule has 3 aromatic rings. The summed E-state index contributed by atoms with van der Waals surface area (Å²) < 4.78 is 0. The molecule has 44 heavy (non-hydrogen) atoms. The van der Waals surface area contributed by atoms with Crippen molar-refractivity contribution in [3.63, 3.8) is 0 Å². The monoisotopic (exact) mass is 595 g/mol. The average Bonchev–Trinajstić information content (AvgIpc) is 3.64. The van der Waals surface area contributed by atoms with Crippen LogP contribution in [-0.4, -0.2) is 42.8 Å². The third-order valence-corrected chi connectivity index (χ3v) is 9.74. The molecule has 8 nitrogen and oxygen atoms in total. The molecule has 0 fully saturated rings. The van der Waals surface area contributed by atoms with Crippen molar-refractivity contribution in [1.29, 1.82) is 0 Å². The maximum atomic E-state index is 13.2. The summed E-state index contributed by atoms with van der Waals surface area (Å²) >= 11 is 0. The molecule has 3 aromatic heterocycles. The topological polar surface area (TPSA) is 138 Å². The smallest absolute Gasteiger partial charge is 0.303 e. The molecule has 0 unspecified atom stereocenters. The summed E-state index contributed by atoms with van der Waals surface area (Å²) in [5.74, 6) is -0.669. The second-order valence-electron chi connectivity index (χ2n) is 13.2. The summed E-state index contributed by atoms with van der Waals surface area (Å²) in [5, 5.41) is 9.52. The standard InChI is InChI=1S/C36H45N5O3/c1-8-19(2)35(37)32(42)11-10-26-31-17-30-25(9-12-34(43)44)22(5)29(40-30)16-24-13-20(3)27(38-24)15-23-14-21(4)28(39-23)18-33(41-31)36(26,6)7/h13-19,26,35,39-40H,8-12,37H2,1-7H3,(H,43,44)/t19-,26-,35-/m0/s1. The Bertz CT molecular complexity index is 1810. The van der Waals surface area contributed by atoms with Crippen LogP contribution in [0.5, 0.6) is 0 Å². The summed E-state index contributed by atoms with van der Waals surface area (Å²) in [6, 6.07) is 9.93. The minimum absolute atomic E-state index is 0.0224. The summed E-state index contributed by atoms with van der Waals surface area (Å²) in [4.78, 5) is 42.0. The number of hydrogen-bond donors (Lipinski definition) is 4. The number of aromatic amines is 2. The van der Waals surface area contributed by atoms with Crippen LogP contribution in [0.3, 0.4) is 0 Å². The van der Waals surface area contributed by atoms with E-state index < -0.39 is 12.0 Å². The van der Waals surface area contributed by atoms with E-state index in [1.807, 2.05) is 19.9 Å². The summed E-state index contributed by atoms with van der Waals surface area (Å²) in [5.41, 5.74) is 17.3. The van der Waals surface area contributed by atoms with Crippen molar-refractivity contribution in [1.82, 2.24) is 19.9 Å². The van der Waals surface area contributed by atoms with Gasteiger partial charge in [0.1, 0.15) is 5.78 Å². The number of H-pyrrole nitrogens is 2. The van der Waals surface area contributed by atoms with Gasteiger partial charge in [-0.2, -0.15) is 0 Å². The van der Waals surface area contributed by atoms with Crippen molar-refractivity contribution in [3.8, 4) is 0 Å². The van der Waals surface area contributed by atoms with Gasteiger partial charge in [0.05, 0.1) is 17.4 Å². The Balaban J connectivity index is 1.76. The van der Waals surface area contributed by atoms with Crippen LogP contribution < -0.4 is 5.73 Å². The SMILES string of the molecule is CC[C@H](C)[C@H](N)C(=O)CC[C@H]1c2cc3[nH]c(cc4nc(cc5cc(C)c(cc(n2)C1(C)C)[nH]5)C(C)=C4)c(C)c3CCC(=O)O. The van der Waals surface area contributed by atoms with Gasteiger partial charge in [-0.05, 0) is 98.2 Å². The van der Waals surface area contributed by atoms with E-state index >= 15 is 0 Å². The van der Waals surface area contributed by atoms with Gasteiger partial charge in [-0.3, -0.25) is 14.6 Å². The number of carbonyl (C=O) groups is 2. The normalized spacial score (nSPS) is 17.3. The van der Waals surface area contributed by atoms with Gasteiger partial charge in [-0.15, -0.1) is 0 Å². The number of hydrogen-bond acceptors (Lipinski definition) is 5. The van der Waals surface area contributed by atoms with E-state index in [0.717, 1.165) is 73.5 Å². The molecule has 0 radical (unpaired) electrons. The van der Waals surface area contributed by atoms with Crippen LogP contribution in [0.2, 0.25) is 0 Å². The fraction of sp³-hybridized carbons (Fsp3) is 0.444. The van der Waals surface area contributed by atoms with Crippen LogP contribution in [0.15, 0.2) is 30.3 Å². The Morgan fingerprint density at radius 2 is 1.75 bits per heavy atom. The number of aryl methyl sites for hydroxylation is 3. The zero-order chi connectivity index (χ0) is 31.9. The molecule has 3 atom stereocenters. The number of allylic oxidation sites excluding steroid dienone is 1. The number of ketones is 1. The number of carboxylic acids is 1. The highest BCUT2D eigenvalue weighted by molar-refractivity contribution is 5.85. The number of aliphatic carboxylic acids is 1. The van der Waals surface area contributed by atoms with E-state index in [4.69, 9.17) is 15.7 Å². The van der Waals surface area contributed by atoms with Gasteiger partial charge in [0.25, 0.3) is 0 Å². The third-order valence-electron chi connectivity index (χ3n) is 9.74. The van der Waals surface area contributed by atoms with Crippen molar-refractivity contribution in [2.75, 3.05) is 0 Å². The Labute approximate surface area is 259 Å². The van der Waals surface area contributed by atoms with Gasteiger partial charge in [-0.25, -0.2) is 4.98 Å². The van der Waals surface area contributed by atoms with Crippen LogP contribution in [0.4, 0.5) is 0 Å². The van der Waals surface area contributed by atoms with Gasteiger partial charge in [0.15, 0.2) is 0 Å². The number of carbonyl (C=O) groups excluding carboxylic acids is 1. The van der Waals surface area contributed by atoms with E-state index in [0.29, 0.717) is 19.3 Å². The van der Waals surface area contributed by atoms with Crippen molar-refractivity contribution in [2.45, 2.75) is 97.9 Å². The second-order valence-corrected chi connectivity index (χ2v) is 13.2. The van der Waals surface area contributed by atoms with E-state index in [9.17, 15) is 14.7 Å². The molecular weight excluding hydrogens is 550 g/mol. The third kappa shape index (κ3) is 6.13. The highest BCUT2D eigenvalue weighted by atomic mass is 16.4. The lowest BCUT2D eigenvalue weighted by molar-refractivity contribution is -0.137. The van der Waals surface area contributed by atoms with Crippen molar-refractivity contribution >= 4 is 45.5 Å². The Kier molecular flexibility index (Phi) is 8.67. The molecule has 0 saturated carbocycles. The maximum Gasteiger partial charge on any atom is 0.303 e. The van der Waals surface area contributed by atoms with E-state index in [1.165, 1.54) is 0 Å². The summed E-state index contributed by atoms with van der Waals surface area (Å²) in [6.45, 7) is 14.6. The van der Waals surface area contributed by atoms with Gasteiger partial charge in [0, 0.05) is 57.6 Å². The molecule has 5 heterocycles. The fourth-order valence-corrected chi connectivity index (χ4v) is 6.48. The van der Waals surface area contributed by atoms with E-state index in [1.54, 1.807) is 0 Å². The first-order chi connectivity index (χ1) is 20.8. The lowest BCUT2D eigenvalue weighted by atomic mass is 9.74. The highest BCUT2D eigenvalue weighted by Gasteiger charge is 2.40. The molecule has 0 spiro atoms. The summed E-state index contributed by atoms with van der Waals surface area (Å²) in [6.07, 6.45) is 4.33. The molecule has 0 amide bonds. The number of carboxylic acid groups (broad SMARTS) is 1. The van der Waals surface area contributed by atoms with Crippen LogP contribution in [0.1, 0.15) is 106 Å². The fourth-order valence-electron chi connectivity index (χ4n) is 6.48. The molecule has 0 aliphatic carbocycles. The van der Waals surface area contributed by atoms with Crippen molar-refractivity contribution in [3.05, 3.63) is 69.8 Å². The first-order valence-electron chi connectivity index (χ1n) is 15.7. The lowest BCUT2D eigenvalue weighted by Crippen LogP contribution is -2.37. The molecule has 2 aliphatic rings. The number of rotatable bonds is 9. The Morgan fingerprint density at radius 3 is 2.45 bits per heavy atom. The molecule has 8 bridgehead atoms. The molecule has 8 heteroatoms. The molecule has 2 aliphatic heterocycles. The molecule has 5 rings (SSSR count). The predicted molar refractivity (Wildman–Crippen MR) is 177 cm³/mol. The summed E-state index contributed by atoms with van der Waals surface area (Å²) in [7, 11) is 0. The van der Waals surface area contributed by atoms with Crippen molar-refractivity contribution in [2.24, 2.45) is 11.7 Å². The number of nitrogens with zero attached hydrogens (tertiary/aromatic N) is 2. The van der Waals surface area contributed by atoms with Crippen LogP contribution in [0, 0.1) is 19.8 Å². The molecule has 232 valence electrons. The van der Waals surface area contributed by atoms with Gasteiger partial charge < -0.3 is 20.8 Å². The average molecular weight is 596 g/mol. The number of nitrogens with one attached hydrogen (secondary N) is 2. The number of fused-ring (bicyclic) bond motifs is 8. The Morgan fingerprint density at radius 1 is 1.00 bits per heavy atom. The number of aromatic nitrogens is 4. The van der Waals surface area contributed by atoms with Crippen molar-refractivity contribution < 1.29 is 14.7 Å². The molecule has 5 N–H and O–H groups in total. The van der Waals surface area contributed by atoms with Gasteiger partial charge >= 0.3 is 5.97 Å². The molecule has 0 saturated heterocycles.